The lowest BCUT2D eigenvalue weighted by Crippen LogP contribution is -2.17. The maximum atomic E-state index is 11.7. The fourth-order valence-electron chi connectivity index (χ4n) is 1.92. The number of aromatic nitrogens is 1. The van der Waals surface area contributed by atoms with Crippen LogP contribution in [0.15, 0.2) is 35.1 Å². The van der Waals surface area contributed by atoms with Crippen LogP contribution in [0.2, 0.25) is 10.0 Å². The molecule has 0 saturated carbocycles. The Morgan fingerprint density at radius 2 is 1.50 bits per heavy atom. The SMILES string of the molecule is Cc1c(Cl)c(=O)c(Cl)c(C)n1Cc1ccccc1. The highest BCUT2D eigenvalue weighted by Gasteiger charge is 2.14. The maximum Gasteiger partial charge on any atom is 0.219 e. The van der Waals surface area contributed by atoms with Crippen LogP contribution in [0, 0.1) is 13.8 Å². The Labute approximate surface area is 116 Å². The van der Waals surface area contributed by atoms with Gasteiger partial charge in [-0.15, -0.1) is 0 Å². The first-order valence-corrected chi connectivity index (χ1v) is 6.37. The van der Waals surface area contributed by atoms with Crippen LogP contribution in [0.5, 0.6) is 0 Å². The Bertz CT molecular complexity index is 600. The Hall–Kier alpha value is -1.25. The molecule has 94 valence electrons. The topological polar surface area (TPSA) is 22.0 Å². The van der Waals surface area contributed by atoms with Crippen LogP contribution in [0.4, 0.5) is 0 Å². The summed E-state index contributed by atoms with van der Waals surface area (Å²) in [5.41, 5.74) is 2.33. The quantitative estimate of drug-likeness (QED) is 0.820. The van der Waals surface area contributed by atoms with Gasteiger partial charge in [-0.1, -0.05) is 53.5 Å². The Morgan fingerprint density at radius 3 is 2.00 bits per heavy atom. The van der Waals surface area contributed by atoms with Crippen molar-refractivity contribution < 1.29 is 0 Å². The molecule has 0 atom stereocenters. The molecular weight excluding hydrogens is 269 g/mol. The molecule has 0 radical (unpaired) electrons. The minimum atomic E-state index is -0.294. The molecule has 0 amide bonds. The molecule has 1 aromatic carbocycles. The monoisotopic (exact) mass is 281 g/mol. The van der Waals surface area contributed by atoms with Crippen molar-refractivity contribution in [2.75, 3.05) is 0 Å². The molecule has 0 saturated heterocycles. The molecular formula is C14H13Cl2NO. The van der Waals surface area contributed by atoms with Crippen LogP contribution in [0.3, 0.4) is 0 Å². The van der Waals surface area contributed by atoms with E-state index in [2.05, 4.69) is 0 Å². The number of hydrogen-bond acceptors (Lipinski definition) is 1. The summed E-state index contributed by atoms with van der Waals surface area (Å²) in [5.74, 6) is 0. The summed E-state index contributed by atoms with van der Waals surface area (Å²) in [6.45, 7) is 4.31. The zero-order chi connectivity index (χ0) is 13.3. The molecule has 2 rings (SSSR count). The third-order valence-electron chi connectivity index (χ3n) is 3.03. The third-order valence-corrected chi connectivity index (χ3v) is 3.92. The van der Waals surface area contributed by atoms with Gasteiger partial charge in [0.15, 0.2) is 0 Å². The zero-order valence-electron chi connectivity index (χ0n) is 10.2. The minimum absolute atomic E-state index is 0.196. The van der Waals surface area contributed by atoms with Crippen molar-refractivity contribution in [2.45, 2.75) is 20.4 Å². The van der Waals surface area contributed by atoms with Crippen molar-refractivity contribution in [3.8, 4) is 0 Å². The van der Waals surface area contributed by atoms with Gasteiger partial charge in [-0.3, -0.25) is 4.79 Å². The fourth-order valence-corrected chi connectivity index (χ4v) is 2.36. The van der Waals surface area contributed by atoms with E-state index < -0.39 is 0 Å². The summed E-state index contributed by atoms with van der Waals surface area (Å²) in [6, 6.07) is 9.98. The van der Waals surface area contributed by atoms with Crippen LogP contribution >= 0.6 is 23.2 Å². The van der Waals surface area contributed by atoms with E-state index in [0.29, 0.717) is 6.54 Å². The predicted molar refractivity (Wildman–Crippen MR) is 75.7 cm³/mol. The van der Waals surface area contributed by atoms with Crippen molar-refractivity contribution in [2.24, 2.45) is 0 Å². The molecule has 0 aliphatic heterocycles. The van der Waals surface area contributed by atoms with E-state index in [9.17, 15) is 4.79 Å². The molecule has 0 aliphatic rings. The lowest BCUT2D eigenvalue weighted by Gasteiger charge is -2.17. The average molecular weight is 282 g/mol. The molecule has 0 spiro atoms. The lowest BCUT2D eigenvalue weighted by atomic mass is 10.2. The van der Waals surface area contributed by atoms with Crippen molar-refractivity contribution in [1.82, 2.24) is 4.57 Å². The van der Waals surface area contributed by atoms with Gasteiger partial charge in [0.25, 0.3) is 0 Å². The van der Waals surface area contributed by atoms with E-state index >= 15 is 0 Å². The molecule has 0 bridgehead atoms. The summed E-state index contributed by atoms with van der Waals surface area (Å²) in [7, 11) is 0. The van der Waals surface area contributed by atoms with Crippen LogP contribution < -0.4 is 5.43 Å². The Kier molecular flexibility index (Phi) is 3.79. The predicted octanol–water partition coefficient (Wildman–Crippen LogP) is 3.82. The van der Waals surface area contributed by atoms with Crippen LogP contribution in [0.25, 0.3) is 0 Å². The number of pyridine rings is 1. The second-order valence-electron chi connectivity index (χ2n) is 4.20. The van der Waals surface area contributed by atoms with E-state index in [1.807, 2.05) is 48.7 Å². The summed E-state index contributed by atoms with van der Waals surface area (Å²) in [6.07, 6.45) is 0. The highest BCUT2D eigenvalue weighted by Crippen LogP contribution is 2.20. The first-order valence-electron chi connectivity index (χ1n) is 5.61. The summed E-state index contributed by atoms with van der Waals surface area (Å²) < 4.78 is 1.96. The van der Waals surface area contributed by atoms with Gasteiger partial charge in [0.05, 0.1) is 0 Å². The normalized spacial score (nSPS) is 10.7. The molecule has 2 nitrogen and oxygen atoms in total. The lowest BCUT2D eigenvalue weighted by molar-refractivity contribution is 0.728. The number of halogens is 2. The van der Waals surface area contributed by atoms with E-state index in [-0.39, 0.29) is 15.5 Å². The Balaban J connectivity index is 2.56. The largest absolute Gasteiger partial charge is 0.342 e. The number of rotatable bonds is 2. The first-order chi connectivity index (χ1) is 8.52. The van der Waals surface area contributed by atoms with Gasteiger partial charge < -0.3 is 4.57 Å². The van der Waals surface area contributed by atoms with Crippen LogP contribution in [0.1, 0.15) is 17.0 Å². The van der Waals surface area contributed by atoms with Crippen molar-refractivity contribution in [3.63, 3.8) is 0 Å². The van der Waals surface area contributed by atoms with Gasteiger partial charge in [-0.2, -0.15) is 0 Å². The molecule has 0 fully saturated rings. The summed E-state index contributed by atoms with van der Waals surface area (Å²) in [5, 5.41) is 0.392. The highest BCUT2D eigenvalue weighted by atomic mass is 35.5. The Morgan fingerprint density at radius 1 is 1.00 bits per heavy atom. The van der Waals surface area contributed by atoms with E-state index in [1.165, 1.54) is 0 Å². The van der Waals surface area contributed by atoms with E-state index in [0.717, 1.165) is 17.0 Å². The molecule has 2 aromatic rings. The number of hydrogen-bond donors (Lipinski definition) is 0. The summed E-state index contributed by atoms with van der Waals surface area (Å²) >= 11 is 12.0. The van der Waals surface area contributed by atoms with Gasteiger partial charge in [0, 0.05) is 17.9 Å². The van der Waals surface area contributed by atoms with Crippen molar-refractivity contribution >= 4 is 23.2 Å². The maximum absolute atomic E-state index is 11.7. The molecule has 18 heavy (non-hydrogen) atoms. The molecule has 4 heteroatoms. The molecule has 1 aromatic heterocycles. The molecule has 0 N–H and O–H groups in total. The van der Waals surface area contributed by atoms with E-state index in [4.69, 9.17) is 23.2 Å². The van der Waals surface area contributed by atoms with Crippen molar-refractivity contribution in [3.05, 3.63) is 67.6 Å². The van der Waals surface area contributed by atoms with E-state index in [1.54, 1.807) is 0 Å². The second kappa shape index (κ2) is 5.17. The number of benzene rings is 1. The fraction of sp³-hybridized carbons (Fsp3) is 0.214. The first kappa shape index (κ1) is 13.2. The van der Waals surface area contributed by atoms with Gasteiger partial charge >= 0.3 is 0 Å². The van der Waals surface area contributed by atoms with Crippen LogP contribution in [-0.2, 0) is 6.54 Å². The molecule has 0 unspecified atom stereocenters. The molecule has 0 aliphatic carbocycles. The minimum Gasteiger partial charge on any atom is -0.342 e. The zero-order valence-corrected chi connectivity index (χ0v) is 11.7. The summed E-state index contributed by atoms with van der Waals surface area (Å²) in [4.78, 5) is 11.7. The smallest absolute Gasteiger partial charge is 0.219 e. The number of nitrogens with zero attached hydrogens (tertiary/aromatic N) is 1. The molecule has 1 heterocycles. The van der Waals surface area contributed by atoms with Gasteiger partial charge in [-0.05, 0) is 19.4 Å². The van der Waals surface area contributed by atoms with Crippen molar-refractivity contribution in [1.29, 1.82) is 0 Å². The third kappa shape index (κ3) is 2.31. The average Bonchev–Trinajstić information content (AvgIpc) is 2.40. The highest BCUT2D eigenvalue weighted by molar-refractivity contribution is 6.35. The second-order valence-corrected chi connectivity index (χ2v) is 4.96. The van der Waals surface area contributed by atoms with Gasteiger partial charge in [-0.25, -0.2) is 0 Å². The van der Waals surface area contributed by atoms with Crippen LogP contribution in [-0.4, -0.2) is 4.57 Å². The van der Waals surface area contributed by atoms with Gasteiger partial charge in [0.1, 0.15) is 10.0 Å². The standard InChI is InChI=1S/C14H13Cl2NO/c1-9-12(15)14(18)13(16)10(2)17(9)8-11-6-4-3-5-7-11/h3-7H,8H2,1-2H3. The van der Waals surface area contributed by atoms with Gasteiger partial charge in [0.2, 0.25) is 5.43 Å².